The van der Waals surface area contributed by atoms with Gasteiger partial charge in [0.1, 0.15) is 17.8 Å². The van der Waals surface area contributed by atoms with Crippen LogP contribution in [0, 0.1) is 0 Å². The minimum absolute atomic E-state index is 0. The molecule has 1 saturated heterocycles. The molecule has 0 aliphatic carbocycles. The lowest BCUT2D eigenvalue weighted by Gasteiger charge is -2.12. The molecule has 1 aliphatic rings. The number of benzene rings is 2. The molecule has 10 nitrogen and oxygen atoms in total. The van der Waals surface area contributed by atoms with E-state index in [4.69, 9.17) is 14.5 Å². The Balaban J connectivity index is 0.00000465. The van der Waals surface area contributed by atoms with E-state index in [2.05, 4.69) is 81.6 Å². The van der Waals surface area contributed by atoms with Crippen LogP contribution in [0.2, 0.25) is 0 Å². The molecule has 0 atom stereocenters. The van der Waals surface area contributed by atoms with E-state index >= 15 is 0 Å². The minimum Gasteiger partial charge on any atom is -1.00 e. The van der Waals surface area contributed by atoms with E-state index < -0.39 is 17.8 Å². The second-order valence-electron chi connectivity index (χ2n) is 12.8. The number of hydroxylamine groups is 2. The highest BCUT2D eigenvalue weighted by atomic mass is 79.9. The molecule has 1 aliphatic heterocycles. The van der Waals surface area contributed by atoms with Gasteiger partial charge in [-0.05, 0) is 70.2 Å². The molecule has 1 fully saturated rings. The Bertz CT molecular complexity index is 2460. The fourth-order valence-corrected chi connectivity index (χ4v) is 8.36. The van der Waals surface area contributed by atoms with Crippen LogP contribution in [0.4, 0.5) is 0 Å². The summed E-state index contributed by atoms with van der Waals surface area (Å²) >= 11 is 3.34. The largest absolute Gasteiger partial charge is 1.00 e. The Morgan fingerprint density at radius 2 is 1.33 bits per heavy atom. The first-order valence-electron chi connectivity index (χ1n) is 17.7. The van der Waals surface area contributed by atoms with Gasteiger partial charge in [-0.15, -0.1) is 27.7 Å². The minimum atomic E-state index is -0.561. The highest BCUT2D eigenvalue weighted by Gasteiger charge is 2.32. The van der Waals surface area contributed by atoms with Gasteiger partial charge < -0.3 is 21.8 Å². The first kappa shape index (κ1) is 37.7. The molecule has 13 heteroatoms. The number of amides is 2. The Labute approximate surface area is 335 Å². The fraction of sp³-hybridized carbons (Fsp3) is 0.167. The number of carbonyl (C=O) groups excluding carboxylic acids is 3. The lowest BCUT2D eigenvalue weighted by Crippen LogP contribution is -3.00. The number of nitrogens with zero attached hydrogens (tertiary/aromatic N) is 5. The third-order valence-electron chi connectivity index (χ3n) is 9.09. The maximum Gasteiger partial charge on any atom is 0.333 e. The monoisotopic (exact) mass is 831 g/mol. The predicted octanol–water partition coefficient (Wildman–Crippen LogP) is 6.04. The van der Waals surface area contributed by atoms with E-state index in [1.807, 2.05) is 54.9 Å². The molecule has 0 radical (unpaired) electrons. The Morgan fingerprint density at radius 3 is 2.00 bits per heavy atom. The molecular formula is C42H34BrN5O5S2. The number of aromatic nitrogens is 4. The molecule has 5 aromatic heterocycles. The van der Waals surface area contributed by atoms with Crippen molar-refractivity contribution < 1.29 is 45.4 Å². The lowest BCUT2D eigenvalue weighted by molar-refractivity contribution is -0.697. The topological polar surface area (TPSA) is 119 Å². The van der Waals surface area contributed by atoms with Crippen LogP contribution in [0.5, 0.6) is 0 Å². The molecule has 0 saturated carbocycles. The van der Waals surface area contributed by atoms with Crippen molar-refractivity contribution in [3.8, 4) is 41.9 Å². The quantitative estimate of drug-likeness (QED) is 0.0785. The zero-order valence-corrected chi connectivity index (χ0v) is 32.7. The van der Waals surface area contributed by atoms with E-state index in [0.29, 0.717) is 22.5 Å². The summed E-state index contributed by atoms with van der Waals surface area (Å²) in [6.45, 7) is 0.779. The first-order chi connectivity index (χ1) is 26.5. The smallest absolute Gasteiger partial charge is 0.333 e. The number of fused-ring (bicyclic) bond motifs is 1. The number of halogens is 1. The number of pyridine rings is 2. The second kappa shape index (κ2) is 17.2. The number of rotatable bonds is 13. The standard InChI is InChI=1S/C42H34N5O5S2.BrH/c48-36-21-22-37(49)47(36)51-38(50)14-8-3-9-25-46-26-23-28(24-27-46)15-16-31-39(34-19-17-32(53-34)29-10-4-1-5-11-29)41-42(45-52-44-41)40(43-31)35-20-18-33(54-35)30-12-6-2-7-13-30;/h1-2,4-7,10-13,15-20,23-24,26-27H,3,8-9,14,21-22,25H2;1H/q+1;/p-1/b16-15+;. The normalized spacial score (nSPS) is 12.8. The van der Waals surface area contributed by atoms with Crippen molar-refractivity contribution in [2.24, 2.45) is 0 Å². The Morgan fingerprint density at radius 1 is 0.727 bits per heavy atom. The van der Waals surface area contributed by atoms with Gasteiger partial charge in [-0.1, -0.05) is 66.7 Å². The van der Waals surface area contributed by atoms with Gasteiger partial charge in [-0.25, -0.2) is 19.0 Å². The Hall–Kier alpha value is -5.63. The number of unbranched alkanes of at least 4 members (excludes halogenated alkanes) is 2. The molecule has 2 amide bonds. The van der Waals surface area contributed by atoms with Crippen molar-refractivity contribution >= 4 is 63.6 Å². The van der Waals surface area contributed by atoms with E-state index in [-0.39, 0.29) is 36.2 Å². The third kappa shape index (κ3) is 8.54. The molecule has 2 aromatic carbocycles. The van der Waals surface area contributed by atoms with E-state index in [9.17, 15) is 14.4 Å². The average Bonchev–Trinajstić information content (AvgIpc) is 4.04. The van der Waals surface area contributed by atoms with Gasteiger partial charge in [-0.2, -0.15) is 0 Å². The molecule has 0 spiro atoms. The van der Waals surface area contributed by atoms with Crippen LogP contribution in [0.25, 0.3) is 65.1 Å². The zero-order chi connectivity index (χ0) is 36.9. The van der Waals surface area contributed by atoms with Gasteiger partial charge in [0.05, 0.1) is 10.6 Å². The summed E-state index contributed by atoms with van der Waals surface area (Å²) in [5.41, 5.74) is 6.92. The predicted molar refractivity (Wildman–Crippen MR) is 208 cm³/mol. The van der Waals surface area contributed by atoms with Gasteiger partial charge in [0.15, 0.2) is 17.9 Å². The van der Waals surface area contributed by atoms with Crippen molar-refractivity contribution in [2.75, 3.05) is 0 Å². The van der Waals surface area contributed by atoms with Crippen LogP contribution >= 0.6 is 22.7 Å². The van der Waals surface area contributed by atoms with Gasteiger partial charge >= 0.3 is 5.97 Å². The lowest BCUT2D eigenvalue weighted by atomic mass is 10.1. The average molecular weight is 833 g/mol. The molecule has 8 rings (SSSR count). The van der Waals surface area contributed by atoms with Crippen molar-refractivity contribution in [2.45, 2.75) is 45.1 Å². The van der Waals surface area contributed by atoms with Gasteiger partial charge in [-0.3, -0.25) is 9.59 Å². The van der Waals surface area contributed by atoms with Crippen LogP contribution in [0.15, 0.2) is 114 Å². The maximum atomic E-state index is 12.1. The van der Waals surface area contributed by atoms with Crippen molar-refractivity contribution in [3.63, 3.8) is 0 Å². The maximum absolute atomic E-state index is 12.1. The number of aryl methyl sites for hydroxylation is 1. The zero-order valence-electron chi connectivity index (χ0n) is 29.5. The Kier molecular flexibility index (Phi) is 11.8. The van der Waals surface area contributed by atoms with Crippen LogP contribution in [-0.4, -0.2) is 38.1 Å². The van der Waals surface area contributed by atoms with Gasteiger partial charge in [0.2, 0.25) is 0 Å². The van der Waals surface area contributed by atoms with E-state index in [0.717, 1.165) is 72.5 Å². The number of imide groups is 1. The molecule has 0 bridgehead atoms. The summed E-state index contributed by atoms with van der Waals surface area (Å²) in [6, 6.07) is 33.1. The molecule has 0 unspecified atom stereocenters. The SMILES string of the molecule is O=C(CCCCC[n+]1ccc(/C=C/c2nc(-c3ccc(-c4ccccc4)s3)c3nonc3c2-c2ccc(-c3ccccc3)s2)cc1)ON1C(=O)CCC1=O.[Br-]. The molecule has 276 valence electrons. The molecule has 55 heavy (non-hydrogen) atoms. The van der Waals surface area contributed by atoms with Crippen molar-refractivity contribution in [1.82, 2.24) is 20.4 Å². The summed E-state index contributed by atoms with van der Waals surface area (Å²) in [7, 11) is 0. The number of thiophene rings is 2. The highest BCUT2D eigenvalue weighted by Crippen LogP contribution is 2.43. The number of hydrogen-bond donors (Lipinski definition) is 0. The van der Waals surface area contributed by atoms with E-state index in [1.54, 1.807) is 22.7 Å². The first-order valence-corrected chi connectivity index (χ1v) is 19.3. The second-order valence-corrected chi connectivity index (χ2v) is 15.0. The van der Waals surface area contributed by atoms with Crippen molar-refractivity contribution in [3.05, 3.63) is 121 Å². The molecular weight excluding hydrogens is 799 g/mol. The van der Waals surface area contributed by atoms with Gasteiger partial charge in [0.25, 0.3) is 11.8 Å². The molecule has 6 heterocycles. The van der Waals surface area contributed by atoms with Crippen LogP contribution in [0.3, 0.4) is 0 Å². The van der Waals surface area contributed by atoms with Crippen LogP contribution in [0.1, 0.15) is 49.8 Å². The molecule has 0 N–H and O–H groups in total. The fourth-order valence-electron chi connectivity index (χ4n) is 6.30. The summed E-state index contributed by atoms with van der Waals surface area (Å²) in [6.07, 6.45) is 10.7. The summed E-state index contributed by atoms with van der Waals surface area (Å²) in [5, 5.41) is 9.38. The summed E-state index contributed by atoms with van der Waals surface area (Å²) < 4.78 is 7.49. The highest BCUT2D eigenvalue weighted by molar-refractivity contribution is 7.19. The van der Waals surface area contributed by atoms with Crippen LogP contribution < -0.4 is 21.5 Å². The number of carbonyl (C=O) groups is 3. The number of hydrogen-bond acceptors (Lipinski definition) is 10. The molecule has 7 aromatic rings. The van der Waals surface area contributed by atoms with Gasteiger partial charge in [0, 0.05) is 58.0 Å². The van der Waals surface area contributed by atoms with E-state index in [1.165, 1.54) is 0 Å². The van der Waals surface area contributed by atoms with Crippen molar-refractivity contribution in [1.29, 1.82) is 0 Å². The van der Waals surface area contributed by atoms with Crippen LogP contribution in [-0.2, 0) is 25.8 Å². The third-order valence-corrected chi connectivity index (χ3v) is 11.4. The summed E-state index contributed by atoms with van der Waals surface area (Å²) in [4.78, 5) is 49.9. The summed E-state index contributed by atoms with van der Waals surface area (Å²) in [5.74, 6) is -1.49.